The third-order valence-corrected chi connectivity index (χ3v) is 16.2. The van der Waals surface area contributed by atoms with Crippen molar-refractivity contribution in [2.75, 3.05) is 26.9 Å². The fourth-order valence-electron chi connectivity index (χ4n) is 11.8. The van der Waals surface area contributed by atoms with Gasteiger partial charge in [-0.15, -0.1) is 0 Å². The van der Waals surface area contributed by atoms with E-state index in [0.29, 0.717) is 19.8 Å². The molecule has 12 heteroatoms. The number of aryl methyl sites for hydroxylation is 2. The number of benzene rings is 9. The Kier molecular flexibility index (Phi) is 15.7. The first-order valence-corrected chi connectivity index (χ1v) is 26.9. The van der Waals surface area contributed by atoms with Crippen molar-refractivity contribution in [1.29, 1.82) is 0 Å². The van der Waals surface area contributed by atoms with E-state index in [1.165, 1.54) is 5.56 Å². The van der Waals surface area contributed by atoms with Gasteiger partial charge in [-0.2, -0.15) is 0 Å². The number of ether oxygens (including phenoxy) is 4. The van der Waals surface area contributed by atoms with E-state index in [1.54, 1.807) is 79.9 Å². The lowest BCUT2D eigenvalue weighted by molar-refractivity contribution is 0.245. The minimum Gasteiger partial charge on any atom is -0.508 e. The van der Waals surface area contributed by atoms with Gasteiger partial charge in [-0.25, -0.2) is 0 Å². The van der Waals surface area contributed by atoms with E-state index in [2.05, 4.69) is 12.1 Å². The second-order valence-corrected chi connectivity index (χ2v) is 21.2. The Labute approximate surface area is 471 Å². The first-order valence-electron chi connectivity index (χ1n) is 26.9. The van der Waals surface area contributed by atoms with Crippen LogP contribution in [0.2, 0.25) is 0 Å². The Bertz CT molecular complexity index is 3710. The number of hydrogen-bond acceptors (Lipinski definition) is 12. The maximum absolute atomic E-state index is 10.1. The molecule has 3 aliphatic heterocycles. The molecular formula is C69H66O12. The number of phenols is 8. The van der Waals surface area contributed by atoms with E-state index in [0.717, 1.165) is 95.3 Å². The van der Waals surface area contributed by atoms with Crippen LogP contribution in [0, 0.1) is 34.6 Å². The standard InChI is InChI=1S/C24H24O4.C23H22O4.C22H20O4/c1-14-12-17(6-11-22(14)27-3)23-19-9-10-21(26)15(2)24(19)28-13-20(23)16-4-7-18(25)8-5-16;1-13-11-16(5-9-20(13)25)22-18-8-10-21(26)14(2)23(18)27-12-19(22)15-3-6-17(24)7-4-15;1-13-20(25)11-10-18-21(15-4-8-17(24)9-5-15)19(12-26-22(13)18)14-2-6-16(23)7-3-14/h4-12,20,23,25-26H,13H2,1-3H3;3-11,19,22,24-26H,12H2,1-2H3;2-11,19,21,23-25H,12H2,1H3/t20-,23-;19-,22-;19-,21-/m111/s1. The van der Waals surface area contributed by atoms with Crippen LogP contribution in [0.5, 0.6) is 69.0 Å². The van der Waals surface area contributed by atoms with Crippen molar-refractivity contribution in [3.05, 3.63) is 248 Å². The van der Waals surface area contributed by atoms with Crippen molar-refractivity contribution < 1.29 is 59.8 Å². The van der Waals surface area contributed by atoms with Crippen LogP contribution in [0.15, 0.2) is 170 Å². The molecular weight excluding hydrogens is 1020 g/mol. The maximum atomic E-state index is 10.1. The minimum absolute atomic E-state index is 0.0110. The zero-order valence-corrected chi connectivity index (χ0v) is 46.0. The molecule has 12 nitrogen and oxygen atoms in total. The van der Waals surface area contributed by atoms with Crippen LogP contribution in [-0.2, 0) is 0 Å². The van der Waals surface area contributed by atoms with E-state index in [1.807, 2.05) is 120 Å². The minimum atomic E-state index is 0.0110. The third kappa shape index (κ3) is 11.1. The average Bonchev–Trinajstić information content (AvgIpc) is 3.63. The van der Waals surface area contributed by atoms with Gasteiger partial charge in [0.1, 0.15) is 69.0 Å². The molecule has 8 N–H and O–H groups in total. The third-order valence-electron chi connectivity index (χ3n) is 16.2. The lowest BCUT2D eigenvalue weighted by Gasteiger charge is -2.35. The zero-order chi connectivity index (χ0) is 57.2. The summed E-state index contributed by atoms with van der Waals surface area (Å²) in [5.41, 5.74) is 13.8. The summed E-state index contributed by atoms with van der Waals surface area (Å²) in [6.07, 6.45) is 0. The Morgan fingerprint density at radius 1 is 0.321 bits per heavy atom. The molecule has 414 valence electrons. The molecule has 6 atom stereocenters. The molecule has 0 aliphatic carbocycles. The van der Waals surface area contributed by atoms with Crippen molar-refractivity contribution in [3.8, 4) is 69.0 Å². The van der Waals surface area contributed by atoms with Crippen molar-refractivity contribution in [3.63, 3.8) is 0 Å². The van der Waals surface area contributed by atoms with Crippen molar-refractivity contribution >= 4 is 0 Å². The second kappa shape index (κ2) is 23.1. The molecule has 3 heterocycles. The van der Waals surface area contributed by atoms with Gasteiger partial charge in [0.15, 0.2) is 0 Å². The summed E-state index contributed by atoms with van der Waals surface area (Å²) in [5.74, 6) is 5.23. The van der Waals surface area contributed by atoms with Gasteiger partial charge >= 0.3 is 0 Å². The molecule has 12 rings (SSSR count). The summed E-state index contributed by atoms with van der Waals surface area (Å²) >= 11 is 0. The summed E-state index contributed by atoms with van der Waals surface area (Å²) < 4.78 is 23.6. The maximum Gasteiger partial charge on any atom is 0.129 e. The predicted octanol–water partition coefficient (Wildman–Crippen LogP) is 14.2. The van der Waals surface area contributed by atoms with Crippen LogP contribution in [0.25, 0.3) is 0 Å². The molecule has 9 aromatic rings. The van der Waals surface area contributed by atoms with E-state index < -0.39 is 0 Å². The Morgan fingerprint density at radius 2 is 0.605 bits per heavy atom. The predicted molar refractivity (Wildman–Crippen MR) is 312 cm³/mol. The zero-order valence-electron chi connectivity index (χ0n) is 46.0. The van der Waals surface area contributed by atoms with Gasteiger partial charge in [0.25, 0.3) is 0 Å². The first kappa shape index (κ1) is 54.9. The van der Waals surface area contributed by atoms with Crippen LogP contribution < -0.4 is 18.9 Å². The van der Waals surface area contributed by atoms with Crippen molar-refractivity contribution in [2.45, 2.75) is 70.1 Å². The van der Waals surface area contributed by atoms with Crippen LogP contribution in [-0.4, -0.2) is 67.8 Å². The number of fused-ring (bicyclic) bond motifs is 3. The molecule has 0 fully saturated rings. The molecule has 81 heavy (non-hydrogen) atoms. The summed E-state index contributed by atoms with van der Waals surface area (Å²) in [4.78, 5) is 0. The summed E-state index contributed by atoms with van der Waals surface area (Å²) in [7, 11) is 1.68. The van der Waals surface area contributed by atoms with Gasteiger partial charge < -0.3 is 59.8 Å². The van der Waals surface area contributed by atoms with Crippen LogP contribution >= 0.6 is 0 Å². The molecule has 0 spiro atoms. The molecule has 0 bridgehead atoms. The van der Waals surface area contributed by atoms with Gasteiger partial charge in [0.2, 0.25) is 0 Å². The highest BCUT2D eigenvalue weighted by molar-refractivity contribution is 5.59. The smallest absolute Gasteiger partial charge is 0.129 e. The molecule has 0 saturated carbocycles. The number of phenolic OH excluding ortho intramolecular Hbond substituents is 8. The Hall–Kier alpha value is -9.42. The quantitative estimate of drug-likeness (QED) is 0.0753. The fourth-order valence-corrected chi connectivity index (χ4v) is 11.8. The van der Waals surface area contributed by atoms with Crippen LogP contribution in [0.1, 0.15) is 113 Å². The normalized spacial score (nSPS) is 18.5. The van der Waals surface area contributed by atoms with Crippen LogP contribution in [0.3, 0.4) is 0 Å². The Balaban J connectivity index is 0.000000136. The number of aromatic hydroxyl groups is 8. The molecule has 0 aromatic heterocycles. The van der Waals surface area contributed by atoms with Gasteiger partial charge in [0.05, 0.1) is 26.9 Å². The molecule has 0 unspecified atom stereocenters. The largest absolute Gasteiger partial charge is 0.508 e. The molecule has 0 radical (unpaired) electrons. The highest BCUT2D eigenvalue weighted by atomic mass is 16.5. The summed E-state index contributed by atoms with van der Waals surface area (Å²) in [6, 6.07) is 51.8. The van der Waals surface area contributed by atoms with Gasteiger partial charge in [-0.3, -0.25) is 0 Å². The monoisotopic (exact) mass is 1090 g/mol. The average molecular weight is 1090 g/mol. The van der Waals surface area contributed by atoms with E-state index in [4.69, 9.17) is 18.9 Å². The lowest BCUT2D eigenvalue weighted by atomic mass is 9.75. The van der Waals surface area contributed by atoms with Crippen molar-refractivity contribution in [1.82, 2.24) is 0 Å². The Morgan fingerprint density at radius 3 is 0.926 bits per heavy atom. The van der Waals surface area contributed by atoms with E-state index in [-0.39, 0.29) is 81.5 Å². The number of rotatable bonds is 7. The summed E-state index contributed by atoms with van der Waals surface area (Å²) in [6.45, 7) is 10.9. The van der Waals surface area contributed by atoms with Crippen LogP contribution in [0.4, 0.5) is 0 Å². The second-order valence-electron chi connectivity index (χ2n) is 21.2. The summed E-state index contributed by atoms with van der Waals surface area (Å²) in [5, 5.41) is 78.8. The number of methoxy groups -OCH3 is 1. The molecule has 3 aliphatic rings. The molecule has 0 amide bonds. The topological polar surface area (TPSA) is 199 Å². The van der Waals surface area contributed by atoms with E-state index in [9.17, 15) is 40.9 Å². The first-order chi connectivity index (χ1) is 39.0. The van der Waals surface area contributed by atoms with Gasteiger partial charge in [-0.05, 0) is 158 Å². The molecule has 9 aromatic carbocycles. The SMILES string of the molecule is COc1ccc([C@@H]2c3ccc(O)c(C)c3OC[C@@H]2c2ccc(O)cc2)cc1C.Cc1c(O)ccc2c1OC[C@H](c1ccc(O)cc1)[C@@H]2c1ccc(O)cc1.Cc1cc([C@@H]2c3ccc(O)c(C)c3OC[C@@H]2c2ccc(O)cc2)ccc1O. The fraction of sp³-hybridized carbons (Fsp3) is 0.217. The number of hydrogen-bond donors (Lipinski definition) is 8. The van der Waals surface area contributed by atoms with Gasteiger partial charge in [0, 0.05) is 68.9 Å². The van der Waals surface area contributed by atoms with Crippen molar-refractivity contribution in [2.24, 2.45) is 0 Å². The highest BCUT2D eigenvalue weighted by Gasteiger charge is 2.38. The highest BCUT2D eigenvalue weighted by Crippen LogP contribution is 2.52. The van der Waals surface area contributed by atoms with Gasteiger partial charge in [-0.1, -0.05) is 91.0 Å². The lowest BCUT2D eigenvalue weighted by Crippen LogP contribution is -2.26. The molecule has 0 saturated heterocycles. The van der Waals surface area contributed by atoms with E-state index >= 15 is 0 Å².